The van der Waals surface area contributed by atoms with Gasteiger partial charge in [0.2, 0.25) is 0 Å². The average Bonchev–Trinajstić information content (AvgIpc) is 3.39. The van der Waals surface area contributed by atoms with E-state index in [9.17, 15) is 9.90 Å². The number of rotatable bonds is 3. The third-order valence-electron chi connectivity index (χ3n) is 6.17. The fraction of sp³-hybridized carbons (Fsp3) is 0.400. The molecular formula is C20H21ClN4O3. The van der Waals surface area contributed by atoms with E-state index in [2.05, 4.69) is 19.9 Å². The van der Waals surface area contributed by atoms with E-state index in [1.807, 2.05) is 38.1 Å². The molecule has 28 heavy (non-hydrogen) atoms. The van der Waals surface area contributed by atoms with Crippen LogP contribution in [0.5, 0.6) is 0 Å². The van der Waals surface area contributed by atoms with Gasteiger partial charge in [0.1, 0.15) is 0 Å². The molecule has 0 radical (unpaired) electrons. The minimum atomic E-state index is -0.972. The maximum absolute atomic E-state index is 11.2. The first-order valence-corrected chi connectivity index (χ1v) is 9.82. The normalized spacial score (nSPS) is 23.7. The maximum Gasteiger partial charge on any atom is 0.404 e. The molecule has 2 aliphatic rings. The molecule has 2 aromatic heterocycles. The number of amides is 1. The number of nitrogens with one attached hydrogen (secondary N) is 1. The van der Waals surface area contributed by atoms with Crippen LogP contribution in [0.15, 0.2) is 28.8 Å². The third kappa shape index (κ3) is 2.49. The fourth-order valence-electron chi connectivity index (χ4n) is 4.99. The van der Waals surface area contributed by atoms with E-state index in [-0.39, 0.29) is 12.1 Å². The molecule has 3 unspecified atom stereocenters. The Bertz CT molecular complexity index is 1070. The Balaban J connectivity index is 1.61. The smallest absolute Gasteiger partial charge is 0.404 e. The van der Waals surface area contributed by atoms with Crippen LogP contribution in [0.4, 0.5) is 10.5 Å². The number of fused-ring (bicyclic) bond motifs is 3. The molecule has 2 bridgehead atoms. The quantitative estimate of drug-likeness (QED) is 0.690. The van der Waals surface area contributed by atoms with Crippen molar-refractivity contribution in [2.75, 3.05) is 11.4 Å². The van der Waals surface area contributed by atoms with Gasteiger partial charge < -0.3 is 19.8 Å². The average molecular weight is 401 g/mol. The van der Waals surface area contributed by atoms with Crippen molar-refractivity contribution in [3.63, 3.8) is 0 Å². The van der Waals surface area contributed by atoms with Gasteiger partial charge in [0.25, 0.3) is 0 Å². The number of benzene rings is 1. The van der Waals surface area contributed by atoms with Crippen molar-refractivity contribution in [1.82, 2.24) is 15.0 Å². The predicted molar refractivity (Wildman–Crippen MR) is 107 cm³/mol. The van der Waals surface area contributed by atoms with Crippen LogP contribution in [0.3, 0.4) is 0 Å². The zero-order valence-electron chi connectivity index (χ0n) is 15.6. The highest BCUT2D eigenvalue weighted by Crippen LogP contribution is 2.44. The van der Waals surface area contributed by atoms with Crippen molar-refractivity contribution in [3.05, 3.63) is 40.7 Å². The number of aryl methyl sites for hydroxylation is 2. The summed E-state index contributed by atoms with van der Waals surface area (Å²) >= 11 is 6.48. The van der Waals surface area contributed by atoms with Crippen LogP contribution in [0, 0.1) is 19.8 Å². The highest BCUT2D eigenvalue weighted by molar-refractivity contribution is 6.32. The number of carbonyl (C=O) groups is 1. The summed E-state index contributed by atoms with van der Waals surface area (Å²) < 4.78 is 7.85. The molecule has 3 atom stereocenters. The summed E-state index contributed by atoms with van der Waals surface area (Å²) in [4.78, 5) is 13.4. The molecule has 8 heteroatoms. The lowest BCUT2D eigenvalue weighted by Gasteiger charge is -2.29. The van der Waals surface area contributed by atoms with E-state index in [1.165, 1.54) is 0 Å². The van der Waals surface area contributed by atoms with Crippen molar-refractivity contribution >= 4 is 34.4 Å². The highest BCUT2D eigenvalue weighted by atomic mass is 35.5. The van der Waals surface area contributed by atoms with E-state index in [0.29, 0.717) is 16.5 Å². The Hall–Kier alpha value is -2.67. The van der Waals surface area contributed by atoms with Gasteiger partial charge in [-0.1, -0.05) is 16.8 Å². The van der Waals surface area contributed by atoms with Crippen LogP contribution in [0.1, 0.15) is 24.2 Å². The summed E-state index contributed by atoms with van der Waals surface area (Å²) in [6, 6.07) is 7.90. The zero-order valence-corrected chi connectivity index (χ0v) is 16.4. The van der Waals surface area contributed by atoms with Gasteiger partial charge >= 0.3 is 6.09 Å². The second kappa shape index (κ2) is 6.17. The van der Waals surface area contributed by atoms with Gasteiger partial charge in [-0.05, 0) is 56.9 Å². The summed E-state index contributed by atoms with van der Waals surface area (Å²) in [6.07, 6.45) is 1.00. The molecule has 5 rings (SSSR count). The topological polar surface area (TPSA) is 83.5 Å². The second-order valence-electron chi connectivity index (χ2n) is 7.79. The molecule has 1 saturated heterocycles. The van der Waals surface area contributed by atoms with E-state index < -0.39 is 6.09 Å². The molecule has 7 nitrogen and oxygen atoms in total. The molecular weight excluding hydrogens is 380 g/mol. The number of hydrogen-bond donors (Lipinski definition) is 2. The van der Waals surface area contributed by atoms with Crippen molar-refractivity contribution in [2.24, 2.45) is 5.92 Å². The Morgan fingerprint density at radius 1 is 1.29 bits per heavy atom. The second-order valence-corrected chi connectivity index (χ2v) is 8.23. The SMILES string of the molecule is Cc1ccc(C)n1-c1noc2c(N3CC4CCC3C4NC(=O)O)cc(Cl)cc12. The van der Waals surface area contributed by atoms with E-state index >= 15 is 0 Å². The Kier molecular flexibility index (Phi) is 3.84. The number of nitrogens with zero attached hydrogens (tertiary/aromatic N) is 3. The zero-order chi connectivity index (χ0) is 19.6. The van der Waals surface area contributed by atoms with Crippen LogP contribution in [0.2, 0.25) is 5.02 Å². The number of carboxylic acid groups (broad SMARTS) is 1. The number of piperidine rings is 1. The summed E-state index contributed by atoms with van der Waals surface area (Å²) in [6.45, 7) is 4.84. The van der Waals surface area contributed by atoms with Crippen LogP contribution in [0.25, 0.3) is 16.8 Å². The first-order chi connectivity index (χ1) is 13.4. The van der Waals surface area contributed by atoms with E-state index in [4.69, 9.17) is 16.1 Å². The Labute approximate surface area is 166 Å². The standard InChI is InChI=1S/C20H21ClN4O3/c1-10-3-4-11(2)25(10)19-14-7-13(21)8-16(18(14)28-23-19)24-9-12-5-6-15(24)17(12)22-20(26)27/h3-4,7-8,12,15,17,22H,5-6,9H2,1-2H3,(H,26,27). The molecule has 1 saturated carbocycles. The summed E-state index contributed by atoms with van der Waals surface area (Å²) in [5.41, 5.74) is 3.71. The van der Waals surface area contributed by atoms with Gasteiger partial charge in [0, 0.05) is 29.0 Å². The largest absolute Gasteiger partial charge is 0.465 e. The molecule has 3 aromatic rings. The van der Waals surface area contributed by atoms with Crippen molar-refractivity contribution in [1.29, 1.82) is 0 Å². The van der Waals surface area contributed by atoms with Crippen LogP contribution < -0.4 is 10.2 Å². The first kappa shape index (κ1) is 17.4. The maximum atomic E-state index is 11.2. The minimum Gasteiger partial charge on any atom is -0.465 e. The lowest BCUT2D eigenvalue weighted by molar-refractivity contribution is 0.188. The minimum absolute atomic E-state index is 0.0668. The monoisotopic (exact) mass is 400 g/mol. The molecule has 0 spiro atoms. The van der Waals surface area contributed by atoms with Gasteiger partial charge in [-0.2, -0.15) is 0 Å². The molecule has 1 amide bonds. The molecule has 1 aliphatic heterocycles. The van der Waals surface area contributed by atoms with Gasteiger partial charge in [-0.25, -0.2) is 4.79 Å². The summed E-state index contributed by atoms with van der Waals surface area (Å²) in [5.74, 6) is 1.02. The van der Waals surface area contributed by atoms with Crippen LogP contribution >= 0.6 is 11.6 Å². The third-order valence-corrected chi connectivity index (χ3v) is 6.39. The Morgan fingerprint density at radius 2 is 2.04 bits per heavy atom. The van der Waals surface area contributed by atoms with Crippen molar-refractivity contribution < 1.29 is 14.4 Å². The van der Waals surface area contributed by atoms with Crippen LogP contribution in [-0.2, 0) is 0 Å². The van der Waals surface area contributed by atoms with E-state index in [0.717, 1.165) is 47.7 Å². The molecule has 2 N–H and O–H groups in total. The number of aromatic nitrogens is 2. The summed E-state index contributed by atoms with van der Waals surface area (Å²) in [7, 11) is 0. The number of anilines is 1. The van der Waals surface area contributed by atoms with E-state index in [1.54, 1.807) is 0 Å². The molecule has 1 aliphatic carbocycles. The van der Waals surface area contributed by atoms with Crippen molar-refractivity contribution in [2.45, 2.75) is 38.8 Å². The van der Waals surface area contributed by atoms with Gasteiger partial charge in [0.15, 0.2) is 11.4 Å². The first-order valence-electron chi connectivity index (χ1n) is 9.44. The molecule has 146 valence electrons. The van der Waals surface area contributed by atoms with Crippen molar-refractivity contribution in [3.8, 4) is 5.82 Å². The Morgan fingerprint density at radius 3 is 2.75 bits per heavy atom. The fourth-order valence-corrected chi connectivity index (χ4v) is 5.20. The number of halogens is 1. The molecule has 1 aromatic carbocycles. The van der Waals surface area contributed by atoms with Gasteiger partial charge in [-0.3, -0.25) is 4.57 Å². The van der Waals surface area contributed by atoms with Gasteiger partial charge in [-0.15, -0.1) is 0 Å². The highest BCUT2D eigenvalue weighted by Gasteiger charge is 2.48. The predicted octanol–water partition coefficient (Wildman–Crippen LogP) is 4.12. The lowest BCUT2D eigenvalue weighted by atomic mass is 10.1. The van der Waals surface area contributed by atoms with Crippen LogP contribution in [-0.4, -0.2) is 39.6 Å². The summed E-state index contributed by atoms with van der Waals surface area (Å²) in [5, 5.41) is 17.7. The lowest BCUT2D eigenvalue weighted by Crippen LogP contribution is -2.43. The molecule has 2 fully saturated rings. The molecule has 3 heterocycles. The van der Waals surface area contributed by atoms with Gasteiger partial charge in [0.05, 0.1) is 17.1 Å². The number of hydrogen-bond acceptors (Lipinski definition) is 4.